The average molecular weight is 227 g/mol. The zero-order valence-corrected chi connectivity index (χ0v) is 10.6. The Morgan fingerprint density at radius 2 is 1.94 bits per heavy atom. The summed E-state index contributed by atoms with van der Waals surface area (Å²) >= 11 is 0. The molecule has 1 saturated heterocycles. The fourth-order valence-electron chi connectivity index (χ4n) is 2.24. The van der Waals surface area contributed by atoms with Gasteiger partial charge < -0.3 is 10.6 Å². The number of carbonyl (C=O) groups excluding carboxylic acids is 1. The normalized spacial score (nSPS) is 19.8. The van der Waals surface area contributed by atoms with Gasteiger partial charge in [-0.2, -0.15) is 0 Å². The van der Waals surface area contributed by atoms with Crippen LogP contribution in [0, 0.1) is 5.92 Å². The van der Waals surface area contributed by atoms with Crippen LogP contribution < -0.4 is 5.73 Å². The maximum absolute atomic E-state index is 12.0. The molecule has 0 aromatic heterocycles. The van der Waals surface area contributed by atoms with Gasteiger partial charge in [0.05, 0.1) is 0 Å². The Bertz CT molecular complexity index is 212. The highest BCUT2D eigenvalue weighted by molar-refractivity contribution is 5.78. The third kappa shape index (κ3) is 3.76. The fourth-order valence-corrected chi connectivity index (χ4v) is 2.24. The molecular formula is C12H25N3O. The van der Waals surface area contributed by atoms with Gasteiger partial charge >= 0.3 is 0 Å². The number of piperazine rings is 1. The summed E-state index contributed by atoms with van der Waals surface area (Å²) in [5.74, 6) is 0.514. The van der Waals surface area contributed by atoms with Gasteiger partial charge in [-0.3, -0.25) is 9.69 Å². The highest BCUT2D eigenvalue weighted by Gasteiger charge is 2.23. The lowest BCUT2D eigenvalue weighted by Gasteiger charge is -2.35. The molecule has 0 radical (unpaired) electrons. The van der Waals surface area contributed by atoms with Crippen LogP contribution in [0.5, 0.6) is 0 Å². The average Bonchev–Trinajstić information content (AvgIpc) is 2.30. The molecular weight excluding hydrogens is 202 g/mol. The number of carbonyl (C=O) groups is 1. The van der Waals surface area contributed by atoms with E-state index in [1.165, 1.54) is 0 Å². The summed E-state index contributed by atoms with van der Waals surface area (Å²) in [7, 11) is 0. The van der Waals surface area contributed by atoms with Crippen molar-refractivity contribution in [1.29, 1.82) is 0 Å². The van der Waals surface area contributed by atoms with Gasteiger partial charge in [0.1, 0.15) is 0 Å². The molecule has 1 rings (SSSR count). The van der Waals surface area contributed by atoms with E-state index in [0.29, 0.717) is 12.5 Å². The first-order chi connectivity index (χ1) is 7.69. The Morgan fingerprint density at radius 3 is 2.44 bits per heavy atom. The third-order valence-corrected chi connectivity index (χ3v) is 3.27. The maximum atomic E-state index is 12.0. The lowest BCUT2D eigenvalue weighted by atomic mass is 10.0. The Kier molecular flexibility index (Phi) is 5.77. The lowest BCUT2D eigenvalue weighted by molar-refractivity contribution is -0.137. The van der Waals surface area contributed by atoms with Gasteiger partial charge in [-0.1, -0.05) is 20.3 Å². The van der Waals surface area contributed by atoms with E-state index in [1.54, 1.807) is 0 Å². The fraction of sp³-hybridized carbons (Fsp3) is 0.917. The minimum atomic E-state index is 0.186. The van der Waals surface area contributed by atoms with Crippen LogP contribution in [0.25, 0.3) is 0 Å². The number of amides is 1. The molecule has 16 heavy (non-hydrogen) atoms. The number of hydrogen-bond donors (Lipinski definition) is 1. The molecule has 0 aromatic carbocycles. The molecule has 0 spiro atoms. The summed E-state index contributed by atoms with van der Waals surface area (Å²) in [6, 6.07) is 0. The van der Waals surface area contributed by atoms with Crippen molar-refractivity contribution >= 4 is 5.91 Å². The molecule has 4 heteroatoms. The largest absolute Gasteiger partial charge is 0.340 e. The predicted octanol–water partition coefficient (Wildman–Crippen LogP) is 0.526. The van der Waals surface area contributed by atoms with Crippen LogP contribution in [0.1, 0.15) is 26.7 Å². The summed E-state index contributed by atoms with van der Waals surface area (Å²) < 4.78 is 0. The smallest absolute Gasteiger partial charge is 0.225 e. The Morgan fingerprint density at radius 1 is 1.31 bits per heavy atom. The minimum absolute atomic E-state index is 0.186. The Hall–Kier alpha value is -0.610. The molecule has 0 bridgehead atoms. The van der Waals surface area contributed by atoms with Gasteiger partial charge in [-0.15, -0.1) is 0 Å². The van der Waals surface area contributed by atoms with E-state index in [0.717, 1.165) is 45.6 Å². The van der Waals surface area contributed by atoms with Crippen molar-refractivity contribution in [3.63, 3.8) is 0 Å². The predicted molar refractivity (Wildman–Crippen MR) is 66.1 cm³/mol. The van der Waals surface area contributed by atoms with Crippen molar-refractivity contribution in [1.82, 2.24) is 9.80 Å². The van der Waals surface area contributed by atoms with Crippen LogP contribution >= 0.6 is 0 Å². The van der Waals surface area contributed by atoms with Gasteiger partial charge in [0.2, 0.25) is 5.91 Å². The van der Waals surface area contributed by atoms with Crippen molar-refractivity contribution in [2.24, 2.45) is 11.7 Å². The van der Waals surface area contributed by atoms with Gasteiger partial charge in [-0.05, 0) is 6.42 Å². The number of nitrogens with two attached hydrogens (primary N) is 1. The second-order valence-electron chi connectivity index (χ2n) is 4.65. The van der Waals surface area contributed by atoms with E-state index in [2.05, 4.69) is 11.8 Å². The van der Waals surface area contributed by atoms with Crippen LogP contribution in [0.15, 0.2) is 0 Å². The minimum Gasteiger partial charge on any atom is -0.340 e. The molecule has 94 valence electrons. The van der Waals surface area contributed by atoms with Crippen LogP contribution in [0.3, 0.4) is 0 Å². The molecule has 4 nitrogen and oxygen atoms in total. The van der Waals surface area contributed by atoms with E-state index < -0.39 is 0 Å². The molecule has 0 saturated carbocycles. The number of hydrogen-bond acceptors (Lipinski definition) is 3. The van der Waals surface area contributed by atoms with Crippen molar-refractivity contribution in [3.05, 3.63) is 0 Å². The lowest BCUT2D eigenvalue weighted by Crippen LogP contribution is -2.50. The molecule has 1 unspecified atom stereocenters. The highest BCUT2D eigenvalue weighted by Crippen LogP contribution is 2.11. The standard InChI is InChI=1S/C12H25N3O/c1-3-4-11(2)12(16)15-9-7-14(6-5-13)8-10-15/h11H,3-10,13H2,1-2H3. The summed E-state index contributed by atoms with van der Waals surface area (Å²) in [4.78, 5) is 16.4. The van der Waals surface area contributed by atoms with Crippen molar-refractivity contribution in [3.8, 4) is 0 Å². The molecule has 1 heterocycles. The van der Waals surface area contributed by atoms with Crippen molar-refractivity contribution in [2.45, 2.75) is 26.7 Å². The topological polar surface area (TPSA) is 49.6 Å². The Labute approximate surface area is 98.8 Å². The molecule has 1 amide bonds. The molecule has 1 fully saturated rings. The van der Waals surface area contributed by atoms with E-state index in [4.69, 9.17) is 5.73 Å². The number of rotatable bonds is 5. The zero-order chi connectivity index (χ0) is 12.0. The molecule has 1 aliphatic heterocycles. The van der Waals surface area contributed by atoms with Gasteiger partial charge in [0.25, 0.3) is 0 Å². The van der Waals surface area contributed by atoms with Crippen LogP contribution in [0.4, 0.5) is 0 Å². The van der Waals surface area contributed by atoms with E-state index >= 15 is 0 Å². The second-order valence-corrected chi connectivity index (χ2v) is 4.65. The van der Waals surface area contributed by atoms with Gasteiger partial charge in [-0.25, -0.2) is 0 Å². The summed E-state index contributed by atoms with van der Waals surface area (Å²) in [6.07, 6.45) is 2.09. The van der Waals surface area contributed by atoms with E-state index in [9.17, 15) is 4.79 Å². The van der Waals surface area contributed by atoms with Crippen molar-refractivity contribution in [2.75, 3.05) is 39.3 Å². The van der Waals surface area contributed by atoms with Gasteiger partial charge in [0, 0.05) is 45.2 Å². The van der Waals surface area contributed by atoms with Crippen LogP contribution in [0.2, 0.25) is 0 Å². The van der Waals surface area contributed by atoms with Crippen LogP contribution in [-0.2, 0) is 4.79 Å². The second kappa shape index (κ2) is 6.86. The first kappa shape index (κ1) is 13.5. The molecule has 1 atom stereocenters. The first-order valence-corrected chi connectivity index (χ1v) is 6.40. The SMILES string of the molecule is CCCC(C)C(=O)N1CCN(CCN)CC1. The third-order valence-electron chi connectivity index (χ3n) is 3.27. The summed E-state index contributed by atoms with van der Waals surface area (Å²) in [5.41, 5.74) is 5.52. The molecule has 1 aliphatic rings. The monoisotopic (exact) mass is 227 g/mol. The van der Waals surface area contributed by atoms with Crippen molar-refractivity contribution < 1.29 is 4.79 Å². The van der Waals surface area contributed by atoms with Gasteiger partial charge in [0.15, 0.2) is 0 Å². The Balaban J connectivity index is 2.32. The highest BCUT2D eigenvalue weighted by atomic mass is 16.2. The summed E-state index contributed by atoms with van der Waals surface area (Å²) in [6.45, 7) is 9.51. The quantitative estimate of drug-likeness (QED) is 0.745. The summed E-state index contributed by atoms with van der Waals surface area (Å²) in [5, 5.41) is 0. The molecule has 0 aromatic rings. The first-order valence-electron chi connectivity index (χ1n) is 6.40. The van der Waals surface area contributed by atoms with Crippen LogP contribution in [-0.4, -0.2) is 55.0 Å². The van der Waals surface area contributed by atoms with E-state index in [1.807, 2.05) is 11.8 Å². The molecule has 2 N–H and O–H groups in total. The zero-order valence-electron chi connectivity index (χ0n) is 10.6. The van der Waals surface area contributed by atoms with E-state index in [-0.39, 0.29) is 5.92 Å². The molecule has 0 aliphatic carbocycles. The maximum Gasteiger partial charge on any atom is 0.225 e. The number of nitrogens with zero attached hydrogens (tertiary/aromatic N) is 2.